The number of thiazole rings is 1. The second-order valence-electron chi connectivity index (χ2n) is 3.20. The zero-order valence-electron chi connectivity index (χ0n) is 8.11. The van der Waals surface area contributed by atoms with Crippen LogP contribution in [0.15, 0.2) is 40.4 Å². The average molecular weight is 283 g/mol. The topological polar surface area (TPSA) is 24.9 Å². The molecule has 15 heavy (non-hydrogen) atoms. The molecule has 0 aliphatic carbocycles. The molecule has 1 aromatic heterocycles. The van der Waals surface area contributed by atoms with Crippen molar-refractivity contribution in [1.82, 2.24) is 10.3 Å². The first-order chi connectivity index (χ1) is 7.34. The van der Waals surface area contributed by atoms with Crippen LogP contribution in [-0.4, -0.2) is 4.98 Å². The van der Waals surface area contributed by atoms with Crippen molar-refractivity contribution in [2.75, 3.05) is 0 Å². The summed E-state index contributed by atoms with van der Waals surface area (Å²) in [5.74, 6) is 0. The van der Waals surface area contributed by atoms with Crippen molar-refractivity contribution < 1.29 is 0 Å². The molecule has 0 radical (unpaired) electrons. The van der Waals surface area contributed by atoms with Gasteiger partial charge in [-0.15, -0.1) is 11.3 Å². The fourth-order valence-electron chi connectivity index (χ4n) is 1.31. The van der Waals surface area contributed by atoms with Crippen LogP contribution in [0.1, 0.15) is 10.4 Å². The van der Waals surface area contributed by atoms with Gasteiger partial charge in [0.05, 0.1) is 5.51 Å². The van der Waals surface area contributed by atoms with Gasteiger partial charge in [-0.3, -0.25) is 4.98 Å². The molecule has 2 nitrogen and oxygen atoms in total. The van der Waals surface area contributed by atoms with E-state index < -0.39 is 0 Å². The Labute approximate surface area is 101 Å². The SMILES string of the molecule is Brc1cccc(CNCc2cncs2)c1. The van der Waals surface area contributed by atoms with Gasteiger partial charge in [-0.25, -0.2) is 0 Å². The highest BCUT2D eigenvalue weighted by atomic mass is 79.9. The van der Waals surface area contributed by atoms with Crippen LogP contribution in [-0.2, 0) is 13.1 Å². The van der Waals surface area contributed by atoms with Gasteiger partial charge in [0, 0.05) is 28.6 Å². The quantitative estimate of drug-likeness (QED) is 0.932. The number of aromatic nitrogens is 1. The first-order valence-electron chi connectivity index (χ1n) is 4.67. The van der Waals surface area contributed by atoms with Crippen molar-refractivity contribution in [3.05, 3.63) is 50.9 Å². The Hall–Kier alpha value is -0.710. The number of hydrogen-bond donors (Lipinski definition) is 1. The molecule has 1 N–H and O–H groups in total. The fourth-order valence-corrected chi connectivity index (χ4v) is 2.32. The second-order valence-corrected chi connectivity index (χ2v) is 5.09. The van der Waals surface area contributed by atoms with Crippen molar-refractivity contribution in [3.63, 3.8) is 0 Å². The largest absolute Gasteiger partial charge is 0.308 e. The number of nitrogens with one attached hydrogen (secondary N) is 1. The summed E-state index contributed by atoms with van der Waals surface area (Å²) in [6, 6.07) is 8.32. The minimum atomic E-state index is 0.886. The molecule has 0 bridgehead atoms. The van der Waals surface area contributed by atoms with Gasteiger partial charge in [0.25, 0.3) is 0 Å². The van der Waals surface area contributed by atoms with E-state index in [0.717, 1.165) is 17.6 Å². The van der Waals surface area contributed by atoms with E-state index in [1.165, 1.54) is 10.4 Å². The summed E-state index contributed by atoms with van der Waals surface area (Å²) in [4.78, 5) is 5.30. The molecule has 0 saturated heterocycles. The molecular formula is C11H11BrN2S. The van der Waals surface area contributed by atoms with Gasteiger partial charge >= 0.3 is 0 Å². The van der Waals surface area contributed by atoms with Crippen LogP contribution in [0.4, 0.5) is 0 Å². The minimum absolute atomic E-state index is 0.886. The predicted octanol–water partition coefficient (Wildman–Crippen LogP) is 3.20. The van der Waals surface area contributed by atoms with Crippen LogP contribution in [0.25, 0.3) is 0 Å². The Morgan fingerprint density at radius 3 is 3.00 bits per heavy atom. The lowest BCUT2D eigenvalue weighted by atomic mass is 10.2. The van der Waals surface area contributed by atoms with E-state index in [2.05, 4.69) is 38.4 Å². The molecule has 2 rings (SSSR count). The Kier molecular flexibility index (Phi) is 3.88. The first kappa shape index (κ1) is 10.8. The summed E-state index contributed by atoms with van der Waals surface area (Å²) in [5, 5.41) is 3.38. The Balaban J connectivity index is 1.83. The summed E-state index contributed by atoms with van der Waals surface area (Å²) in [6.07, 6.45) is 1.90. The lowest BCUT2D eigenvalue weighted by Crippen LogP contribution is -2.11. The molecule has 0 fully saturated rings. The summed E-state index contributed by atoms with van der Waals surface area (Å²) < 4.78 is 1.12. The van der Waals surface area contributed by atoms with Gasteiger partial charge in [-0.2, -0.15) is 0 Å². The Morgan fingerprint density at radius 1 is 1.33 bits per heavy atom. The molecule has 1 aromatic carbocycles. The van der Waals surface area contributed by atoms with Crippen molar-refractivity contribution in [2.24, 2.45) is 0 Å². The average Bonchev–Trinajstić information content (AvgIpc) is 2.71. The lowest BCUT2D eigenvalue weighted by molar-refractivity contribution is 0.700. The molecule has 78 valence electrons. The van der Waals surface area contributed by atoms with E-state index in [-0.39, 0.29) is 0 Å². The fraction of sp³-hybridized carbons (Fsp3) is 0.182. The van der Waals surface area contributed by atoms with Crippen molar-refractivity contribution in [1.29, 1.82) is 0 Å². The number of halogens is 1. The molecular weight excluding hydrogens is 272 g/mol. The van der Waals surface area contributed by atoms with E-state index in [0.29, 0.717) is 0 Å². The molecule has 0 atom stereocenters. The molecule has 0 unspecified atom stereocenters. The van der Waals surface area contributed by atoms with Crippen LogP contribution < -0.4 is 5.32 Å². The van der Waals surface area contributed by atoms with Gasteiger partial charge in [-0.1, -0.05) is 28.1 Å². The van der Waals surface area contributed by atoms with Gasteiger partial charge in [-0.05, 0) is 17.7 Å². The van der Waals surface area contributed by atoms with Gasteiger partial charge < -0.3 is 5.32 Å². The molecule has 2 aromatic rings. The summed E-state index contributed by atoms with van der Waals surface area (Å²) in [6.45, 7) is 1.77. The monoisotopic (exact) mass is 282 g/mol. The highest BCUT2D eigenvalue weighted by Gasteiger charge is 1.95. The van der Waals surface area contributed by atoms with Gasteiger partial charge in [0.2, 0.25) is 0 Å². The molecule has 0 saturated carbocycles. The molecule has 0 amide bonds. The van der Waals surface area contributed by atoms with E-state index >= 15 is 0 Å². The first-order valence-corrected chi connectivity index (χ1v) is 6.34. The van der Waals surface area contributed by atoms with Crippen LogP contribution in [0, 0.1) is 0 Å². The van der Waals surface area contributed by atoms with E-state index in [1.54, 1.807) is 11.3 Å². The van der Waals surface area contributed by atoms with Crippen LogP contribution >= 0.6 is 27.3 Å². The van der Waals surface area contributed by atoms with Crippen molar-refractivity contribution in [2.45, 2.75) is 13.1 Å². The Morgan fingerprint density at radius 2 is 2.27 bits per heavy atom. The molecule has 0 spiro atoms. The van der Waals surface area contributed by atoms with E-state index in [4.69, 9.17) is 0 Å². The summed E-state index contributed by atoms with van der Waals surface area (Å²) in [5.41, 5.74) is 3.14. The van der Waals surface area contributed by atoms with Crippen LogP contribution in [0.3, 0.4) is 0 Å². The van der Waals surface area contributed by atoms with Gasteiger partial charge in [0.15, 0.2) is 0 Å². The second kappa shape index (κ2) is 5.39. The predicted molar refractivity (Wildman–Crippen MR) is 66.8 cm³/mol. The maximum absolute atomic E-state index is 4.03. The smallest absolute Gasteiger partial charge is 0.0794 e. The van der Waals surface area contributed by atoms with Gasteiger partial charge in [0.1, 0.15) is 0 Å². The zero-order valence-corrected chi connectivity index (χ0v) is 10.5. The number of rotatable bonds is 4. The lowest BCUT2D eigenvalue weighted by Gasteiger charge is -2.03. The third-order valence-electron chi connectivity index (χ3n) is 2.00. The number of benzene rings is 1. The highest BCUT2D eigenvalue weighted by Crippen LogP contribution is 2.11. The Bertz CT molecular complexity index is 414. The standard InChI is InChI=1S/C11H11BrN2S/c12-10-3-1-2-9(4-10)5-13-6-11-7-14-8-15-11/h1-4,7-8,13H,5-6H2. The third kappa shape index (κ3) is 3.41. The van der Waals surface area contributed by atoms with E-state index in [9.17, 15) is 0 Å². The van der Waals surface area contributed by atoms with E-state index in [1.807, 2.05) is 23.8 Å². The summed E-state index contributed by atoms with van der Waals surface area (Å²) >= 11 is 5.14. The maximum Gasteiger partial charge on any atom is 0.0794 e. The molecule has 0 aliphatic rings. The van der Waals surface area contributed by atoms with Crippen LogP contribution in [0.5, 0.6) is 0 Å². The maximum atomic E-state index is 4.03. The highest BCUT2D eigenvalue weighted by molar-refractivity contribution is 9.10. The third-order valence-corrected chi connectivity index (χ3v) is 3.27. The zero-order chi connectivity index (χ0) is 10.5. The number of hydrogen-bond acceptors (Lipinski definition) is 3. The molecule has 1 heterocycles. The normalized spacial score (nSPS) is 10.5. The molecule has 0 aliphatic heterocycles. The van der Waals surface area contributed by atoms with Crippen molar-refractivity contribution >= 4 is 27.3 Å². The van der Waals surface area contributed by atoms with Crippen molar-refractivity contribution in [3.8, 4) is 0 Å². The minimum Gasteiger partial charge on any atom is -0.308 e. The number of nitrogens with zero attached hydrogens (tertiary/aromatic N) is 1. The molecule has 4 heteroatoms. The summed E-state index contributed by atoms with van der Waals surface area (Å²) in [7, 11) is 0. The van der Waals surface area contributed by atoms with Crippen LogP contribution in [0.2, 0.25) is 0 Å².